The highest BCUT2D eigenvalue weighted by atomic mass is 16.5. The van der Waals surface area contributed by atoms with Crippen LogP contribution >= 0.6 is 0 Å². The van der Waals surface area contributed by atoms with Crippen molar-refractivity contribution < 1.29 is 9.84 Å². The Morgan fingerprint density at radius 2 is 1.70 bits per heavy atom. The molecule has 0 amide bonds. The van der Waals surface area contributed by atoms with E-state index < -0.39 is 0 Å². The third-order valence-electron chi connectivity index (χ3n) is 3.02. The third-order valence-corrected chi connectivity index (χ3v) is 3.02. The molecule has 2 aromatic carbocycles. The summed E-state index contributed by atoms with van der Waals surface area (Å²) in [5.74, 6) is 0.159. The van der Waals surface area contributed by atoms with Gasteiger partial charge in [0.25, 0.3) is 0 Å². The SMILES string of the molecule is COCCNc1ccc(N)c(-c2cc(O)ccc2N)c1. The summed E-state index contributed by atoms with van der Waals surface area (Å²) in [5.41, 5.74) is 15.6. The number of ether oxygens (including phenoxy) is 1. The second-order valence-electron chi connectivity index (χ2n) is 4.49. The zero-order valence-corrected chi connectivity index (χ0v) is 11.4. The molecule has 0 unspecified atom stereocenters. The van der Waals surface area contributed by atoms with E-state index in [1.807, 2.05) is 18.2 Å². The molecule has 0 aliphatic heterocycles. The Balaban J connectivity index is 2.35. The number of benzene rings is 2. The first-order chi connectivity index (χ1) is 9.61. The summed E-state index contributed by atoms with van der Waals surface area (Å²) in [7, 11) is 1.66. The quantitative estimate of drug-likeness (QED) is 0.381. The smallest absolute Gasteiger partial charge is 0.116 e. The van der Waals surface area contributed by atoms with Crippen LogP contribution < -0.4 is 16.8 Å². The fourth-order valence-electron chi connectivity index (χ4n) is 1.97. The number of phenols is 1. The van der Waals surface area contributed by atoms with Gasteiger partial charge in [-0.1, -0.05) is 0 Å². The number of nitrogen functional groups attached to an aromatic ring is 2. The summed E-state index contributed by atoms with van der Waals surface area (Å²) >= 11 is 0. The number of hydrogen-bond acceptors (Lipinski definition) is 5. The van der Waals surface area contributed by atoms with Crippen molar-refractivity contribution in [2.45, 2.75) is 0 Å². The summed E-state index contributed by atoms with van der Waals surface area (Å²) in [6.45, 7) is 1.32. The number of nitrogens with two attached hydrogens (primary N) is 2. The molecule has 0 fully saturated rings. The minimum atomic E-state index is 0.159. The predicted octanol–water partition coefficient (Wildman–Crippen LogP) is 2.28. The summed E-state index contributed by atoms with van der Waals surface area (Å²) in [4.78, 5) is 0. The summed E-state index contributed by atoms with van der Waals surface area (Å²) in [5, 5.41) is 12.8. The Morgan fingerprint density at radius 3 is 2.40 bits per heavy atom. The van der Waals surface area contributed by atoms with E-state index in [1.165, 1.54) is 0 Å². The normalized spacial score (nSPS) is 10.4. The van der Waals surface area contributed by atoms with Gasteiger partial charge in [0.05, 0.1) is 6.61 Å². The zero-order chi connectivity index (χ0) is 14.5. The number of aromatic hydroxyl groups is 1. The van der Waals surface area contributed by atoms with Crippen LogP contribution in [0.1, 0.15) is 0 Å². The van der Waals surface area contributed by atoms with Gasteiger partial charge in [-0.15, -0.1) is 0 Å². The molecule has 0 saturated heterocycles. The standard InChI is InChI=1S/C15H19N3O2/c1-20-7-6-18-10-2-4-14(16)12(8-10)13-9-11(19)3-5-15(13)17/h2-5,8-9,18-19H,6-7,16-17H2,1H3. The molecule has 6 N–H and O–H groups in total. The van der Waals surface area contributed by atoms with Crippen molar-refractivity contribution in [2.75, 3.05) is 37.0 Å². The second-order valence-corrected chi connectivity index (χ2v) is 4.49. The lowest BCUT2D eigenvalue weighted by Crippen LogP contribution is -2.07. The van der Waals surface area contributed by atoms with Gasteiger partial charge >= 0.3 is 0 Å². The number of rotatable bonds is 5. The van der Waals surface area contributed by atoms with Gasteiger partial charge in [-0.2, -0.15) is 0 Å². The maximum Gasteiger partial charge on any atom is 0.116 e. The predicted molar refractivity (Wildman–Crippen MR) is 82.7 cm³/mol. The Hall–Kier alpha value is -2.40. The van der Waals surface area contributed by atoms with Crippen molar-refractivity contribution in [3.8, 4) is 16.9 Å². The number of nitrogens with one attached hydrogen (secondary N) is 1. The lowest BCUT2D eigenvalue weighted by atomic mass is 10.0. The Kier molecular flexibility index (Phi) is 4.32. The fourth-order valence-corrected chi connectivity index (χ4v) is 1.97. The van der Waals surface area contributed by atoms with Gasteiger partial charge in [0, 0.05) is 41.8 Å². The van der Waals surface area contributed by atoms with Crippen molar-refractivity contribution in [1.82, 2.24) is 0 Å². The van der Waals surface area contributed by atoms with Gasteiger partial charge in [-0.3, -0.25) is 0 Å². The van der Waals surface area contributed by atoms with Crippen molar-refractivity contribution in [3.05, 3.63) is 36.4 Å². The lowest BCUT2D eigenvalue weighted by Gasteiger charge is -2.13. The first-order valence-electron chi connectivity index (χ1n) is 6.33. The van der Waals surface area contributed by atoms with Crippen LogP contribution in [0.4, 0.5) is 17.1 Å². The van der Waals surface area contributed by atoms with Gasteiger partial charge in [-0.05, 0) is 36.4 Å². The minimum Gasteiger partial charge on any atom is -0.508 e. The molecule has 0 saturated carbocycles. The molecule has 0 bridgehead atoms. The highest BCUT2D eigenvalue weighted by molar-refractivity contribution is 5.87. The topological polar surface area (TPSA) is 93.5 Å². The lowest BCUT2D eigenvalue weighted by molar-refractivity contribution is 0.211. The van der Waals surface area contributed by atoms with E-state index in [0.29, 0.717) is 24.5 Å². The summed E-state index contributed by atoms with van der Waals surface area (Å²) in [6.07, 6.45) is 0. The van der Waals surface area contributed by atoms with E-state index in [2.05, 4.69) is 5.32 Å². The molecule has 0 spiro atoms. The minimum absolute atomic E-state index is 0.159. The van der Waals surface area contributed by atoms with Crippen molar-refractivity contribution >= 4 is 17.1 Å². The first-order valence-corrected chi connectivity index (χ1v) is 6.33. The largest absolute Gasteiger partial charge is 0.508 e. The van der Waals surface area contributed by atoms with Gasteiger partial charge in [-0.25, -0.2) is 0 Å². The van der Waals surface area contributed by atoms with Gasteiger partial charge in [0.1, 0.15) is 5.75 Å². The summed E-state index contributed by atoms with van der Waals surface area (Å²) in [6, 6.07) is 10.4. The third kappa shape index (κ3) is 3.13. The summed E-state index contributed by atoms with van der Waals surface area (Å²) < 4.78 is 5.00. The van der Waals surface area contributed by atoms with Crippen LogP contribution in [0.3, 0.4) is 0 Å². The second kappa shape index (κ2) is 6.16. The Bertz CT molecular complexity index is 600. The average Bonchev–Trinajstić information content (AvgIpc) is 2.44. The molecule has 20 heavy (non-hydrogen) atoms. The number of phenolic OH excluding ortho intramolecular Hbond substituents is 1. The molecular formula is C15H19N3O2. The van der Waals surface area contributed by atoms with Crippen LogP contribution in [0.2, 0.25) is 0 Å². The Morgan fingerprint density at radius 1 is 1.05 bits per heavy atom. The van der Waals surface area contributed by atoms with E-state index in [-0.39, 0.29) is 5.75 Å². The molecule has 5 heteroatoms. The van der Waals surface area contributed by atoms with E-state index in [9.17, 15) is 5.11 Å². The zero-order valence-electron chi connectivity index (χ0n) is 11.4. The average molecular weight is 273 g/mol. The Labute approximate surface area is 118 Å². The number of anilines is 3. The molecule has 0 aromatic heterocycles. The molecule has 2 aromatic rings. The maximum atomic E-state index is 9.60. The van der Waals surface area contributed by atoms with E-state index in [1.54, 1.807) is 25.3 Å². The molecule has 0 aliphatic carbocycles. The highest BCUT2D eigenvalue weighted by Crippen LogP contribution is 2.34. The van der Waals surface area contributed by atoms with Crippen molar-refractivity contribution in [3.63, 3.8) is 0 Å². The van der Waals surface area contributed by atoms with E-state index >= 15 is 0 Å². The molecule has 2 rings (SSSR count). The van der Waals surface area contributed by atoms with Gasteiger partial charge in [0.2, 0.25) is 0 Å². The first kappa shape index (κ1) is 14.0. The van der Waals surface area contributed by atoms with Gasteiger partial charge < -0.3 is 26.6 Å². The molecule has 5 nitrogen and oxygen atoms in total. The molecular weight excluding hydrogens is 254 g/mol. The molecule has 0 radical (unpaired) electrons. The molecule has 0 atom stereocenters. The number of hydrogen-bond donors (Lipinski definition) is 4. The van der Waals surface area contributed by atoms with E-state index in [0.717, 1.165) is 16.8 Å². The van der Waals surface area contributed by atoms with Crippen molar-refractivity contribution in [2.24, 2.45) is 0 Å². The van der Waals surface area contributed by atoms with Crippen LogP contribution in [0, 0.1) is 0 Å². The van der Waals surface area contributed by atoms with Crippen LogP contribution in [0.5, 0.6) is 5.75 Å². The van der Waals surface area contributed by atoms with Crippen molar-refractivity contribution in [1.29, 1.82) is 0 Å². The molecule has 0 heterocycles. The van der Waals surface area contributed by atoms with Crippen LogP contribution in [0.25, 0.3) is 11.1 Å². The number of methoxy groups -OCH3 is 1. The highest BCUT2D eigenvalue weighted by Gasteiger charge is 2.08. The monoisotopic (exact) mass is 273 g/mol. The fraction of sp³-hybridized carbons (Fsp3) is 0.200. The molecule has 0 aliphatic rings. The van der Waals surface area contributed by atoms with Crippen LogP contribution in [-0.2, 0) is 4.74 Å². The van der Waals surface area contributed by atoms with Crippen LogP contribution in [-0.4, -0.2) is 25.4 Å². The van der Waals surface area contributed by atoms with Crippen LogP contribution in [0.15, 0.2) is 36.4 Å². The van der Waals surface area contributed by atoms with Gasteiger partial charge in [0.15, 0.2) is 0 Å². The molecule has 106 valence electrons. The maximum absolute atomic E-state index is 9.60. The van der Waals surface area contributed by atoms with E-state index in [4.69, 9.17) is 16.2 Å².